The van der Waals surface area contributed by atoms with E-state index in [0.29, 0.717) is 12.8 Å². The molecule has 0 saturated carbocycles. The number of rotatable bonds is 13. The Labute approximate surface area is 213 Å². The highest BCUT2D eigenvalue weighted by atomic mass is 31.2. The lowest BCUT2D eigenvalue weighted by atomic mass is 9.95. The molecule has 12 nitrogen and oxygen atoms in total. The van der Waals surface area contributed by atoms with Gasteiger partial charge < -0.3 is 24.6 Å². The molecule has 2 N–H and O–H groups in total. The van der Waals surface area contributed by atoms with Crippen LogP contribution in [-0.2, 0) is 37.6 Å². The van der Waals surface area contributed by atoms with E-state index in [4.69, 9.17) is 19.6 Å². The summed E-state index contributed by atoms with van der Waals surface area (Å²) in [6.45, 7) is 11.2. The number of primary amides is 1. The van der Waals surface area contributed by atoms with Crippen LogP contribution < -0.4 is 5.73 Å². The first-order valence-electron chi connectivity index (χ1n) is 12.6. The molecule has 36 heavy (non-hydrogen) atoms. The molecule has 0 radical (unpaired) electrons. The van der Waals surface area contributed by atoms with Crippen LogP contribution in [0.5, 0.6) is 0 Å². The number of carbonyl (C=O) groups is 4. The third-order valence-electron chi connectivity index (χ3n) is 5.91. The molecule has 2 heterocycles. The number of piperazine rings is 1. The van der Waals surface area contributed by atoms with Crippen LogP contribution in [0.4, 0.5) is 0 Å². The van der Waals surface area contributed by atoms with Gasteiger partial charge in [0.2, 0.25) is 11.8 Å². The number of carbonyl (C=O) groups excluding carboxylic acids is 4. The molecule has 3 atom stereocenters. The first-order valence-corrected chi connectivity index (χ1v) is 14.3. The van der Waals surface area contributed by atoms with Crippen LogP contribution in [0.1, 0.15) is 60.8 Å². The second kappa shape index (κ2) is 13.0. The number of hydroxylamine groups is 2. The summed E-state index contributed by atoms with van der Waals surface area (Å²) in [5.74, 6) is -1.79. The van der Waals surface area contributed by atoms with Gasteiger partial charge in [0.15, 0.2) is 12.3 Å². The zero-order valence-corrected chi connectivity index (χ0v) is 23.1. The second-order valence-corrected chi connectivity index (χ2v) is 12.0. The Bertz CT molecular complexity index is 857. The summed E-state index contributed by atoms with van der Waals surface area (Å²) >= 11 is 0. The monoisotopic (exact) mass is 532 g/mol. The van der Waals surface area contributed by atoms with E-state index in [2.05, 4.69) is 0 Å². The van der Waals surface area contributed by atoms with Gasteiger partial charge in [0.25, 0.3) is 11.8 Å². The van der Waals surface area contributed by atoms with Gasteiger partial charge in [-0.15, -0.1) is 0 Å². The van der Waals surface area contributed by atoms with Crippen molar-refractivity contribution in [3.63, 3.8) is 0 Å². The first-order chi connectivity index (χ1) is 16.8. The Balaban J connectivity index is 2.49. The maximum absolute atomic E-state index is 13.6. The Morgan fingerprint density at radius 2 is 1.64 bits per heavy atom. The summed E-state index contributed by atoms with van der Waals surface area (Å²) in [4.78, 5) is 60.7. The van der Waals surface area contributed by atoms with Gasteiger partial charge in [-0.2, -0.15) is 5.06 Å². The molecule has 2 aliphatic rings. The van der Waals surface area contributed by atoms with Gasteiger partial charge in [0, 0.05) is 13.0 Å². The standard InChI is InChI=1S/C23H41N4O8P/c1-7-33-36(32,34-8-2)14-21(29)27-20-13-25(10-9-19(24)28)22(30)17(11-15(3)4)26(20)23(31)18(35-27)12-16(5)6/h15-18,20H,7-14H2,1-6H3,(H2,24,28)/t17-,18+,20-/m0/s1. The van der Waals surface area contributed by atoms with Crippen molar-refractivity contribution < 1.29 is 37.6 Å². The second-order valence-electron chi connectivity index (χ2n) is 9.92. The summed E-state index contributed by atoms with van der Waals surface area (Å²) in [6.07, 6.45) is -1.89. The number of nitrogens with zero attached hydrogens (tertiary/aromatic N) is 3. The molecule has 0 unspecified atom stereocenters. The predicted molar refractivity (Wildman–Crippen MR) is 131 cm³/mol. The number of hydrogen-bond acceptors (Lipinski definition) is 8. The van der Waals surface area contributed by atoms with Crippen LogP contribution in [0.25, 0.3) is 0 Å². The van der Waals surface area contributed by atoms with Crippen LogP contribution in [0.15, 0.2) is 0 Å². The topological polar surface area (TPSA) is 149 Å². The summed E-state index contributed by atoms with van der Waals surface area (Å²) < 4.78 is 23.7. The fraction of sp³-hybridized carbons (Fsp3) is 0.826. The van der Waals surface area contributed by atoms with E-state index in [9.17, 15) is 23.7 Å². The van der Waals surface area contributed by atoms with Crippen molar-refractivity contribution in [2.75, 3.05) is 32.5 Å². The van der Waals surface area contributed by atoms with E-state index in [0.717, 1.165) is 5.06 Å². The van der Waals surface area contributed by atoms with Gasteiger partial charge in [-0.05, 0) is 38.5 Å². The summed E-state index contributed by atoms with van der Waals surface area (Å²) in [6, 6.07) is -0.844. The van der Waals surface area contributed by atoms with Gasteiger partial charge in [-0.1, -0.05) is 27.7 Å². The van der Waals surface area contributed by atoms with Crippen LogP contribution in [-0.4, -0.2) is 89.3 Å². The van der Waals surface area contributed by atoms with Crippen LogP contribution in [0.3, 0.4) is 0 Å². The molecule has 2 rings (SSSR count). The Morgan fingerprint density at radius 1 is 1.06 bits per heavy atom. The van der Waals surface area contributed by atoms with Gasteiger partial charge >= 0.3 is 7.60 Å². The minimum Gasteiger partial charge on any atom is -0.370 e. The summed E-state index contributed by atoms with van der Waals surface area (Å²) in [5, 5.41) is 1.05. The molecule has 0 aliphatic carbocycles. The SMILES string of the molecule is CCOP(=O)(CC(=O)N1O[C@H](CC(C)C)C(=O)N2[C@@H]1CN(CCC(N)=O)C(=O)[C@@H]2CC(C)C)OCC. The highest BCUT2D eigenvalue weighted by Gasteiger charge is 2.53. The molecule has 0 aromatic rings. The normalized spacial score (nSPS) is 23.0. The molecule has 13 heteroatoms. The van der Waals surface area contributed by atoms with E-state index in [1.54, 1.807) is 13.8 Å². The molecule has 2 fully saturated rings. The van der Waals surface area contributed by atoms with Crippen LogP contribution >= 0.6 is 7.60 Å². The Kier molecular flexibility index (Phi) is 10.9. The smallest absolute Gasteiger partial charge is 0.340 e. The van der Waals surface area contributed by atoms with E-state index in [-0.39, 0.29) is 56.4 Å². The van der Waals surface area contributed by atoms with Gasteiger partial charge in [-0.3, -0.25) is 28.6 Å². The number of fused-ring (bicyclic) bond motifs is 1. The van der Waals surface area contributed by atoms with Crippen molar-refractivity contribution in [1.29, 1.82) is 0 Å². The highest BCUT2D eigenvalue weighted by Crippen LogP contribution is 2.48. The largest absolute Gasteiger partial charge is 0.370 e. The molecule has 2 aliphatic heterocycles. The average Bonchev–Trinajstić information content (AvgIpc) is 2.75. The molecule has 0 aromatic heterocycles. The van der Waals surface area contributed by atoms with Crippen molar-refractivity contribution in [2.45, 2.75) is 79.1 Å². The molecular formula is C23H41N4O8P. The lowest BCUT2D eigenvalue weighted by molar-refractivity contribution is -0.275. The quantitative estimate of drug-likeness (QED) is 0.353. The molecule has 2 saturated heterocycles. The van der Waals surface area contributed by atoms with Crippen molar-refractivity contribution in [3.05, 3.63) is 0 Å². The fourth-order valence-corrected chi connectivity index (χ4v) is 6.00. The van der Waals surface area contributed by atoms with Crippen molar-refractivity contribution in [3.8, 4) is 0 Å². The molecule has 0 aromatic carbocycles. The molecule has 206 valence electrons. The van der Waals surface area contributed by atoms with E-state index >= 15 is 0 Å². The van der Waals surface area contributed by atoms with Gasteiger partial charge in [-0.25, -0.2) is 0 Å². The first kappa shape index (κ1) is 30.2. The lowest BCUT2D eigenvalue weighted by Crippen LogP contribution is -2.74. The number of hydrogen-bond donors (Lipinski definition) is 1. The average molecular weight is 533 g/mol. The minimum absolute atomic E-state index is 0.0507. The third-order valence-corrected chi connectivity index (χ3v) is 7.87. The van der Waals surface area contributed by atoms with Crippen molar-refractivity contribution >= 4 is 31.2 Å². The lowest BCUT2D eigenvalue weighted by Gasteiger charge is -2.53. The van der Waals surface area contributed by atoms with Gasteiger partial charge in [0.1, 0.15) is 12.2 Å². The van der Waals surface area contributed by atoms with Gasteiger partial charge in [0.05, 0.1) is 19.8 Å². The maximum atomic E-state index is 13.6. The fourth-order valence-electron chi connectivity index (χ4n) is 4.48. The molecular weight excluding hydrogens is 491 g/mol. The molecule has 0 bridgehead atoms. The summed E-state index contributed by atoms with van der Waals surface area (Å²) in [7, 11) is -3.76. The number of nitrogens with two attached hydrogens (primary N) is 1. The van der Waals surface area contributed by atoms with E-state index in [1.165, 1.54) is 9.80 Å². The van der Waals surface area contributed by atoms with E-state index in [1.807, 2.05) is 27.7 Å². The maximum Gasteiger partial charge on any atom is 0.340 e. The van der Waals surface area contributed by atoms with Crippen molar-refractivity contribution in [1.82, 2.24) is 14.9 Å². The zero-order chi connectivity index (χ0) is 27.2. The third kappa shape index (κ3) is 7.50. The van der Waals surface area contributed by atoms with Crippen molar-refractivity contribution in [2.24, 2.45) is 17.6 Å². The summed E-state index contributed by atoms with van der Waals surface area (Å²) in [5.41, 5.74) is 5.30. The molecule has 4 amide bonds. The Morgan fingerprint density at radius 3 is 2.14 bits per heavy atom. The number of amides is 4. The predicted octanol–water partition coefficient (Wildman–Crippen LogP) is 1.73. The Hall–Kier alpha value is -2.01. The van der Waals surface area contributed by atoms with Crippen LogP contribution in [0.2, 0.25) is 0 Å². The highest BCUT2D eigenvalue weighted by molar-refractivity contribution is 7.54. The van der Waals surface area contributed by atoms with Crippen LogP contribution in [0, 0.1) is 11.8 Å². The zero-order valence-electron chi connectivity index (χ0n) is 22.2. The van der Waals surface area contributed by atoms with E-state index < -0.39 is 43.9 Å². The molecule has 0 spiro atoms. The minimum atomic E-state index is -3.76.